The van der Waals surface area contributed by atoms with E-state index in [1.165, 1.54) is 0 Å². The lowest BCUT2D eigenvalue weighted by Crippen LogP contribution is -2.51. The molecule has 172 valence electrons. The first-order valence-corrected chi connectivity index (χ1v) is 12.1. The minimum atomic E-state index is -0.499. The molecule has 3 aliphatic rings. The molecule has 2 amide bonds. The van der Waals surface area contributed by atoms with E-state index in [4.69, 9.17) is 11.6 Å². The van der Waals surface area contributed by atoms with Crippen molar-refractivity contribution in [1.82, 2.24) is 15.2 Å². The average Bonchev–Trinajstić information content (AvgIpc) is 3.54. The Morgan fingerprint density at radius 2 is 1.85 bits per heavy atom. The van der Waals surface area contributed by atoms with E-state index in [-0.39, 0.29) is 23.9 Å². The van der Waals surface area contributed by atoms with Crippen LogP contribution in [0.5, 0.6) is 0 Å². The van der Waals surface area contributed by atoms with Crippen LogP contribution in [0.1, 0.15) is 59.1 Å². The molecule has 2 heterocycles. The van der Waals surface area contributed by atoms with Gasteiger partial charge in [-0.2, -0.15) is 5.11 Å². The molecule has 2 aromatic carbocycles. The quantitative estimate of drug-likeness (QED) is 0.688. The van der Waals surface area contributed by atoms with Crippen molar-refractivity contribution in [2.75, 3.05) is 26.2 Å². The summed E-state index contributed by atoms with van der Waals surface area (Å²) >= 11 is 6.17. The summed E-state index contributed by atoms with van der Waals surface area (Å²) in [4.78, 5) is 29.4. The number of amides is 2. The molecule has 5 rings (SSSR count). The van der Waals surface area contributed by atoms with Crippen molar-refractivity contribution in [2.24, 2.45) is 10.3 Å². The molecule has 7 nitrogen and oxygen atoms in total. The first-order valence-electron chi connectivity index (χ1n) is 11.7. The van der Waals surface area contributed by atoms with Crippen LogP contribution in [0.25, 0.3) is 0 Å². The maximum Gasteiger partial charge on any atom is 0.254 e. The average molecular weight is 466 g/mol. The second-order valence-electron chi connectivity index (χ2n) is 8.91. The molecule has 1 saturated carbocycles. The lowest BCUT2D eigenvalue weighted by Gasteiger charge is -2.45. The highest BCUT2D eigenvalue weighted by molar-refractivity contribution is 6.30. The van der Waals surface area contributed by atoms with Crippen LogP contribution in [0, 0.1) is 0 Å². The number of benzene rings is 2. The fraction of sp³-hybridized carbons (Fsp3) is 0.440. The number of carbonyl (C=O) groups excluding carboxylic acids is 2. The fourth-order valence-corrected chi connectivity index (χ4v) is 5.47. The maximum atomic E-state index is 13.7. The minimum Gasteiger partial charge on any atom is -0.354 e. The Balaban J connectivity index is 1.52. The first kappa shape index (κ1) is 21.9. The number of hydrogen-bond donors (Lipinski definition) is 1. The van der Waals surface area contributed by atoms with Gasteiger partial charge in [0.2, 0.25) is 5.91 Å². The molecule has 2 aromatic rings. The van der Waals surface area contributed by atoms with Crippen molar-refractivity contribution in [3.05, 3.63) is 70.2 Å². The molecule has 0 spiro atoms. The van der Waals surface area contributed by atoms with Gasteiger partial charge in [-0.3, -0.25) is 14.6 Å². The first-order chi connectivity index (χ1) is 16.1. The molecule has 33 heavy (non-hydrogen) atoms. The molecule has 1 aliphatic carbocycles. The number of hydrogen-bond acceptors (Lipinski definition) is 5. The molecule has 1 N–H and O–H groups in total. The number of fused-ring (bicyclic) bond motifs is 1. The van der Waals surface area contributed by atoms with E-state index < -0.39 is 5.92 Å². The number of carbonyl (C=O) groups is 2. The van der Waals surface area contributed by atoms with Gasteiger partial charge in [-0.1, -0.05) is 60.0 Å². The monoisotopic (exact) mass is 465 g/mol. The van der Waals surface area contributed by atoms with Gasteiger partial charge in [-0.05, 0) is 42.2 Å². The maximum absolute atomic E-state index is 13.7. The fourth-order valence-electron chi connectivity index (χ4n) is 5.35. The summed E-state index contributed by atoms with van der Waals surface area (Å²) < 4.78 is 0. The molecule has 2 aliphatic heterocycles. The van der Waals surface area contributed by atoms with Gasteiger partial charge in [0.15, 0.2) is 0 Å². The normalized spacial score (nSPS) is 22.6. The predicted octanol–water partition coefficient (Wildman–Crippen LogP) is 4.36. The molecule has 0 unspecified atom stereocenters. The smallest absolute Gasteiger partial charge is 0.254 e. The third-order valence-electron chi connectivity index (χ3n) is 6.91. The molecular formula is C25H28ClN5O2. The van der Waals surface area contributed by atoms with Gasteiger partial charge in [0.25, 0.3) is 5.91 Å². The summed E-state index contributed by atoms with van der Waals surface area (Å²) in [5.41, 5.74) is 2.35. The van der Waals surface area contributed by atoms with E-state index in [1.807, 2.05) is 58.4 Å². The number of nitrogens with zero attached hydrogens (tertiary/aromatic N) is 4. The van der Waals surface area contributed by atoms with Crippen LogP contribution in [0.2, 0.25) is 5.02 Å². The standard InChI is InChI=1S/C25H28ClN5O2/c26-18-11-9-17(10-12-18)23-22(24(32)27-13-15-30-16-14-28-29-30)20-7-3-4-8-21(20)25(33)31(23)19-5-1-2-6-19/h3-4,7-12,19,22-23H,1-2,5-6,13-16H2,(H,27,32)/t22-,23+/m1/s1. The zero-order valence-electron chi connectivity index (χ0n) is 18.5. The Hall–Kier alpha value is -2.93. The van der Waals surface area contributed by atoms with Crippen LogP contribution in [0.3, 0.4) is 0 Å². The van der Waals surface area contributed by atoms with Gasteiger partial charge < -0.3 is 10.2 Å². The molecule has 8 heteroatoms. The van der Waals surface area contributed by atoms with Crippen LogP contribution in [-0.4, -0.2) is 53.9 Å². The van der Waals surface area contributed by atoms with Crippen LogP contribution in [-0.2, 0) is 4.79 Å². The number of halogens is 1. The van der Waals surface area contributed by atoms with Gasteiger partial charge in [0.1, 0.15) is 0 Å². The van der Waals surface area contributed by atoms with E-state index >= 15 is 0 Å². The van der Waals surface area contributed by atoms with Crippen molar-refractivity contribution >= 4 is 23.4 Å². The Bertz CT molecular complexity index is 1050. The summed E-state index contributed by atoms with van der Waals surface area (Å²) in [5, 5.41) is 13.7. The second-order valence-corrected chi connectivity index (χ2v) is 9.35. The topological polar surface area (TPSA) is 77.4 Å². The summed E-state index contributed by atoms with van der Waals surface area (Å²) in [6.07, 6.45) is 4.13. The van der Waals surface area contributed by atoms with E-state index in [0.717, 1.165) is 43.4 Å². The highest BCUT2D eigenvalue weighted by atomic mass is 35.5. The second kappa shape index (κ2) is 9.51. The summed E-state index contributed by atoms with van der Waals surface area (Å²) in [6, 6.07) is 14.9. The van der Waals surface area contributed by atoms with E-state index in [9.17, 15) is 9.59 Å². The van der Waals surface area contributed by atoms with E-state index in [2.05, 4.69) is 15.7 Å². The molecule has 0 saturated heterocycles. The summed E-state index contributed by atoms with van der Waals surface area (Å²) in [6.45, 7) is 2.56. The Kier molecular flexibility index (Phi) is 6.31. The van der Waals surface area contributed by atoms with Crippen molar-refractivity contribution in [3.63, 3.8) is 0 Å². The number of rotatable bonds is 6. The highest BCUT2D eigenvalue weighted by Gasteiger charge is 2.46. The van der Waals surface area contributed by atoms with Gasteiger partial charge in [0.05, 0.1) is 31.6 Å². The van der Waals surface area contributed by atoms with Crippen LogP contribution in [0.4, 0.5) is 0 Å². The van der Waals surface area contributed by atoms with Crippen molar-refractivity contribution in [1.29, 1.82) is 0 Å². The highest BCUT2D eigenvalue weighted by Crippen LogP contribution is 2.46. The van der Waals surface area contributed by atoms with E-state index in [1.54, 1.807) is 0 Å². The van der Waals surface area contributed by atoms with Crippen LogP contribution in [0.15, 0.2) is 58.9 Å². The summed E-state index contributed by atoms with van der Waals surface area (Å²) in [7, 11) is 0. The SMILES string of the molecule is O=C(NCCN1CCN=N1)[C@@H]1c2ccccc2C(=O)N(C2CCCC2)[C@H]1c1ccc(Cl)cc1. The van der Waals surface area contributed by atoms with Crippen LogP contribution < -0.4 is 5.32 Å². The van der Waals surface area contributed by atoms with E-state index in [0.29, 0.717) is 30.2 Å². The molecular weight excluding hydrogens is 438 g/mol. The third kappa shape index (κ3) is 4.34. The van der Waals surface area contributed by atoms with Crippen molar-refractivity contribution < 1.29 is 9.59 Å². The largest absolute Gasteiger partial charge is 0.354 e. The van der Waals surface area contributed by atoms with Gasteiger partial charge in [-0.15, -0.1) is 0 Å². The molecule has 2 atom stereocenters. The van der Waals surface area contributed by atoms with Gasteiger partial charge in [-0.25, -0.2) is 0 Å². The van der Waals surface area contributed by atoms with Crippen molar-refractivity contribution in [2.45, 2.75) is 43.7 Å². The molecule has 1 fully saturated rings. The third-order valence-corrected chi connectivity index (χ3v) is 7.16. The Morgan fingerprint density at radius 3 is 2.58 bits per heavy atom. The molecule has 0 aromatic heterocycles. The Morgan fingerprint density at radius 1 is 1.09 bits per heavy atom. The molecule has 0 bridgehead atoms. The van der Waals surface area contributed by atoms with Gasteiger partial charge in [0, 0.05) is 23.2 Å². The molecule has 0 radical (unpaired) electrons. The predicted molar refractivity (Wildman–Crippen MR) is 126 cm³/mol. The Labute approximate surface area is 198 Å². The van der Waals surface area contributed by atoms with Crippen molar-refractivity contribution in [3.8, 4) is 0 Å². The number of nitrogens with one attached hydrogen (secondary N) is 1. The van der Waals surface area contributed by atoms with Crippen LogP contribution >= 0.6 is 11.6 Å². The lowest BCUT2D eigenvalue weighted by molar-refractivity contribution is -0.124. The zero-order valence-corrected chi connectivity index (χ0v) is 19.2. The summed E-state index contributed by atoms with van der Waals surface area (Å²) in [5.74, 6) is -0.561. The zero-order chi connectivity index (χ0) is 22.8. The minimum absolute atomic E-state index is 0.0129. The lowest BCUT2D eigenvalue weighted by atomic mass is 9.78. The van der Waals surface area contributed by atoms with Gasteiger partial charge >= 0.3 is 0 Å².